The third kappa shape index (κ3) is 1.60. The smallest absolute Gasteiger partial charge is 0.184 e. The summed E-state index contributed by atoms with van der Waals surface area (Å²) < 4.78 is 1.48. The average Bonchev–Trinajstić information content (AvgIpc) is 2.63. The number of ketones is 1. The first-order chi connectivity index (χ1) is 6.11. The Hall–Kier alpha value is -1.23. The molecule has 5 heteroatoms. The lowest BCUT2D eigenvalue weighted by molar-refractivity contribution is 0.0962. The van der Waals surface area contributed by atoms with Crippen molar-refractivity contribution in [3.05, 3.63) is 11.9 Å². The molecule has 5 nitrogen and oxygen atoms in total. The number of Topliss-reactive ketones (excluding diaryl/α,β-unsaturated/α-hetero) is 1. The summed E-state index contributed by atoms with van der Waals surface area (Å²) in [6, 6.07) is 0. The number of carbonyl (C=O) groups excluding carboxylic acids is 1. The summed E-state index contributed by atoms with van der Waals surface area (Å²) in [6.07, 6.45) is 3.79. The molecule has 0 bridgehead atoms. The van der Waals surface area contributed by atoms with Gasteiger partial charge >= 0.3 is 0 Å². The van der Waals surface area contributed by atoms with E-state index in [1.54, 1.807) is 7.05 Å². The number of aryl methyl sites for hydroxylation is 1. The van der Waals surface area contributed by atoms with Gasteiger partial charge in [0.05, 0.1) is 6.20 Å². The second kappa shape index (κ2) is 2.63. The van der Waals surface area contributed by atoms with E-state index in [1.807, 2.05) is 0 Å². The first-order valence-corrected chi connectivity index (χ1v) is 4.27. The molecule has 2 rings (SSSR count). The molecule has 1 aliphatic carbocycles. The van der Waals surface area contributed by atoms with Crippen molar-refractivity contribution in [3.63, 3.8) is 0 Å². The highest BCUT2D eigenvalue weighted by atomic mass is 16.1. The van der Waals surface area contributed by atoms with Gasteiger partial charge in [-0.15, -0.1) is 5.10 Å². The number of hydrogen-bond acceptors (Lipinski definition) is 4. The molecule has 0 unspecified atom stereocenters. The highest BCUT2D eigenvalue weighted by Crippen LogP contribution is 2.36. The fourth-order valence-corrected chi connectivity index (χ4v) is 1.29. The molecule has 0 aromatic carbocycles. The van der Waals surface area contributed by atoms with E-state index >= 15 is 0 Å². The van der Waals surface area contributed by atoms with E-state index in [9.17, 15) is 4.79 Å². The van der Waals surface area contributed by atoms with Crippen molar-refractivity contribution in [1.29, 1.82) is 0 Å². The average molecular weight is 180 g/mol. The standard InChI is InChI=1S/C8H12N4O/c1-12-6(5-10-11-12)7(13)4-8(9)2-3-8/h5H,2-4,9H2,1H3. The van der Waals surface area contributed by atoms with Crippen LogP contribution < -0.4 is 5.73 Å². The van der Waals surface area contributed by atoms with Gasteiger partial charge in [0.2, 0.25) is 0 Å². The molecule has 1 heterocycles. The molecule has 1 aromatic rings. The van der Waals surface area contributed by atoms with Gasteiger partial charge in [-0.2, -0.15) is 0 Å². The van der Waals surface area contributed by atoms with Crippen molar-refractivity contribution in [1.82, 2.24) is 15.0 Å². The molecule has 0 aliphatic heterocycles. The summed E-state index contributed by atoms with van der Waals surface area (Å²) >= 11 is 0. The van der Waals surface area contributed by atoms with Crippen LogP contribution in [0.2, 0.25) is 0 Å². The lowest BCUT2D eigenvalue weighted by Gasteiger charge is -2.05. The van der Waals surface area contributed by atoms with Crippen LogP contribution in [-0.2, 0) is 7.05 Å². The number of aromatic nitrogens is 3. The molecule has 1 aromatic heterocycles. The SMILES string of the molecule is Cn1nncc1C(=O)CC1(N)CC1. The van der Waals surface area contributed by atoms with Crippen LogP contribution >= 0.6 is 0 Å². The highest BCUT2D eigenvalue weighted by Gasteiger charge is 2.40. The van der Waals surface area contributed by atoms with Crippen LogP contribution in [0.15, 0.2) is 6.20 Å². The minimum Gasteiger partial charge on any atom is -0.325 e. The van der Waals surface area contributed by atoms with E-state index in [1.165, 1.54) is 10.9 Å². The summed E-state index contributed by atoms with van der Waals surface area (Å²) in [5.41, 5.74) is 6.14. The maximum absolute atomic E-state index is 11.6. The van der Waals surface area contributed by atoms with Crippen molar-refractivity contribution in [3.8, 4) is 0 Å². The van der Waals surface area contributed by atoms with Crippen LogP contribution in [0.3, 0.4) is 0 Å². The minimum absolute atomic E-state index is 0.0347. The molecule has 0 radical (unpaired) electrons. The molecular weight excluding hydrogens is 168 g/mol. The summed E-state index contributed by atoms with van der Waals surface area (Å²) in [6.45, 7) is 0. The Morgan fingerprint density at radius 3 is 2.92 bits per heavy atom. The molecule has 1 saturated carbocycles. The predicted octanol–water partition coefficient (Wildman–Crippen LogP) is -0.121. The molecule has 13 heavy (non-hydrogen) atoms. The van der Waals surface area contributed by atoms with E-state index in [2.05, 4.69) is 10.3 Å². The molecule has 0 spiro atoms. The van der Waals surface area contributed by atoms with Crippen molar-refractivity contribution < 1.29 is 4.79 Å². The fourth-order valence-electron chi connectivity index (χ4n) is 1.29. The Morgan fingerprint density at radius 2 is 2.46 bits per heavy atom. The Bertz CT molecular complexity index is 340. The topological polar surface area (TPSA) is 73.8 Å². The van der Waals surface area contributed by atoms with Crippen LogP contribution in [-0.4, -0.2) is 26.3 Å². The van der Waals surface area contributed by atoms with Crippen LogP contribution in [0.5, 0.6) is 0 Å². The third-order valence-corrected chi connectivity index (χ3v) is 2.40. The zero-order valence-corrected chi connectivity index (χ0v) is 7.53. The van der Waals surface area contributed by atoms with Crippen molar-refractivity contribution >= 4 is 5.78 Å². The summed E-state index contributed by atoms with van der Waals surface area (Å²) in [7, 11) is 1.70. The second-order valence-corrected chi connectivity index (χ2v) is 3.71. The Labute approximate surface area is 75.9 Å². The summed E-state index contributed by atoms with van der Waals surface area (Å²) in [4.78, 5) is 11.6. The van der Waals surface area contributed by atoms with Crippen molar-refractivity contribution in [2.45, 2.75) is 24.8 Å². The highest BCUT2D eigenvalue weighted by molar-refractivity contribution is 5.95. The first-order valence-electron chi connectivity index (χ1n) is 4.27. The van der Waals surface area contributed by atoms with Crippen molar-refractivity contribution in [2.24, 2.45) is 12.8 Å². The van der Waals surface area contributed by atoms with Gasteiger partial charge in [-0.05, 0) is 12.8 Å². The number of hydrogen-bond donors (Lipinski definition) is 1. The molecule has 2 N–H and O–H groups in total. The number of rotatable bonds is 3. The minimum atomic E-state index is -0.235. The molecule has 1 aliphatic rings. The number of nitrogens with zero attached hydrogens (tertiary/aromatic N) is 3. The zero-order valence-electron chi connectivity index (χ0n) is 7.53. The van der Waals surface area contributed by atoms with Crippen LogP contribution in [0.4, 0.5) is 0 Å². The van der Waals surface area contributed by atoms with Gasteiger partial charge in [-0.25, -0.2) is 4.68 Å². The maximum atomic E-state index is 11.6. The van der Waals surface area contributed by atoms with Crippen LogP contribution in [0.25, 0.3) is 0 Å². The van der Waals surface area contributed by atoms with Gasteiger partial charge in [0, 0.05) is 19.0 Å². The molecule has 1 fully saturated rings. The van der Waals surface area contributed by atoms with Crippen LogP contribution in [0, 0.1) is 0 Å². The van der Waals surface area contributed by atoms with Gasteiger partial charge in [-0.3, -0.25) is 4.79 Å². The van der Waals surface area contributed by atoms with Gasteiger partial charge < -0.3 is 5.73 Å². The normalized spacial score (nSPS) is 18.6. The molecular formula is C8H12N4O. The summed E-state index contributed by atoms with van der Waals surface area (Å²) in [5, 5.41) is 7.34. The molecule has 0 atom stereocenters. The summed E-state index contributed by atoms with van der Waals surface area (Å²) in [5.74, 6) is 0.0347. The zero-order chi connectivity index (χ0) is 9.47. The quantitative estimate of drug-likeness (QED) is 0.658. The first kappa shape index (κ1) is 8.37. The number of carbonyl (C=O) groups is 1. The van der Waals surface area contributed by atoms with Crippen LogP contribution in [0.1, 0.15) is 29.8 Å². The Morgan fingerprint density at radius 1 is 1.77 bits per heavy atom. The number of nitrogens with two attached hydrogens (primary N) is 1. The van der Waals surface area contributed by atoms with Gasteiger partial charge in [0.25, 0.3) is 0 Å². The van der Waals surface area contributed by atoms with Gasteiger partial charge in [0.1, 0.15) is 5.69 Å². The lowest BCUT2D eigenvalue weighted by Crippen LogP contribution is -2.26. The maximum Gasteiger partial charge on any atom is 0.184 e. The van der Waals surface area contributed by atoms with E-state index in [0.717, 1.165) is 12.8 Å². The van der Waals surface area contributed by atoms with E-state index in [0.29, 0.717) is 12.1 Å². The predicted molar refractivity (Wildman–Crippen MR) is 46.1 cm³/mol. The molecule has 0 amide bonds. The Kier molecular flexibility index (Phi) is 1.69. The monoisotopic (exact) mass is 180 g/mol. The fraction of sp³-hybridized carbons (Fsp3) is 0.625. The third-order valence-electron chi connectivity index (χ3n) is 2.40. The Balaban J connectivity index is 2.09. The lowest BCUT2D eigenvalue weighted by atomic mass is 10.1. The van der Waals surface area contributed by atoms with Gasteiger partial charge in [-0.1, -0.05) is 5.21 Å². The van der Waals surface area contributed by atoms with E-state index in [-0.39, 0.29) is 11.3 Å². The van der Waals surface area contributed by atoms with E-state index < -0.39 is 0 Å². The molecule has 0 saturated heterocycles. The largest absolute Gasteiger partial charge is 0.325 e. The van der Waals surface area contributed by atoms with E-state index in [4.69, 9.17) is 5.73 Å². The van der Waals surface area contributed by atoms with Crippen molar-refractivity contribution in [2.75, 3.05) is 0 Å². The second-order valence-electron chi connectivity index (χ2n) is 3.71. The molecule has 70 valence electrons. The van der Waals surface area contributed by atoms with Gasteiger partial charge in [0.15, 0.2) is 5.78 Å².